The second-order valence-electron chi connectivity index (χ2n) is 2.42. The van der Waals surface area contributed by atoms with Crippen molar-refractivity contribution in [3.8, 4) is 0 Å². The van der Waals surface area contributed by atoms with E-state index in [1.807, 2.05) is 6.92 Å². The van der Waals surface area contributed by atoms with Crippen LogP contribution in [-0.2, 0) is 0 Å². The minimum atomic E-state index is -0.0248. The Morgan fingerprint density at radius 2 is 2.36 bits per heavy atom. The van der Waals surface area contributed by atoms with Crippen LogP contribution in [0.5, 0.6) is 0 Å². The summed E-state index contributed by atoms with van der Waals surface area (Å²) >= 11 is 0. The molecule has 1 rings (SSSR count). The number of carbonyl (C=O) groups excluding carboxylic acids is 1. The van der Waals surface area contributed by atoms with Crippen LogP contribution in [0.2, 0.25) is 0 Å². The standard InChI is InChI=1S/C8H10N2O/c1-6(9)7-2-3-8(5-11)10-4-7/h2-6H,9H2,1H3. The van der Waals surface area contributed by atoms with Gasteiger partial charge in [0.15, 0.2) is 6.29 Å². The highest BCUT2D eigenvalue weighted by atomic mass is 16.1. The molecule has 0 bridgehead atoms. The van der Waals surface area contributed by atoms with Crippen molar-refractivity contribution < 1.29 is 4.79 Å². The maximum absolute atomic E-state index is 10.2. The molecule has 1 aromatic heterocycles. The first kappa shape index (κ1) is 7.88. The van der Waals surface area contributed by atoms with E-state index in [1.54, 1.807) is 18.3 Å². The Kier molecular flexibility index (Phi) is 2.33. The molecule has 0 aliphatic heterocycles. The molecule has 58 valence electrons. The lowest BCUT2D eigenvalue weighted by molar-refractivity contribution is 0.111. The first-order valence-corrected chi connectivity index (χ1v) is 3.40. The monoisotopic (exact) mass is 150 g/mol. The largest absolute Gasteiger partial charge is 0.324 e. The molecular weight excluding hydrogens is 140 g/mol. The van der Waals surface area contributed by atoms with E-state index in [2.05, 4.69) is 4.98 Å². The van der Waals surface area contributed by atoms with Crippen LogP contribution in [-0.4, -0.2) is 11.3 Å². The topological polar surface area (TPSA) is 56.0 Å². The molecule has 0 fully saturated rings. The van der Waals surface area contributed by atoms with Gasteiger partial charge in [0.1, 0.15) is 5.69 Å². The Hall–Kier alpha value is -1.22. The average molecular weight is 150 g/mol. The fourth-order valence-corrected chi connectivity index (χ4v) is 0.756. The van der Waals surface area contributed by atoms with Crippen molar-refractivity contribution in [2.45, 2.75) is 13.0 Å². The fourth-order valence-electron chi connectivity index (χ4n) is 0.756. The van der Waals surface area contributed by atoms with Crippen molar-refractivity contribution >= 4 is 6.29 Å². The summed E-state index contributed by atoms with van der Waals surface area (Å²) < 4.78 is 0. The van der Waals surface area contributed by atoms with Crippen molar-refractivity contribution in [1.82, 2.24) is 4.98 Å². The Balaban J connectivity index is 2.91. The summed E-state index contributed by atoms with van der Waals surface area (Å²) in [6, 6.07) is 3.44. The third-order valence-corrected chi connectivity index (χ3v) is 1.46. The Morgan fingerprint density at radius 1 is 1.64 bits per heavy atom. The molecule has 0 spiro atoms. The van der Waals surface area contributed by atoms with Crippen LogP contribution in [0.3, 0.4) is 0 Å². The predicted molar refractivity (Wildman–Crippen MR) is 42.2 cm³/mol. The van der Waals surface area contributed by atoms with E-state index in [9.17, 15) is 4.79 Å². The molecule has 3 heteroatoms. The summed E-state index contributed by atoms with van der Waals surface area (Å²) in [5.74, 6) is 0. The number of pyridine rings is 1. The van der Waals surface area contributed by atoms with Crippen LogP contribution >= 0.6 is 0 Å². The molecule has 0 aliphatic carbocycles. The lowest BCUT2D eigenvalue weighted by Crippen LogP contribution is -2.05. The molecule has 0 aliphatic rings. The molecule has 1 unspecified atom stereocenters. The van der Waals surface area contributed by atoms with E-state index in [-0.39, 0.29) is 6.04 Å². The van der Waals surface area contributed by atoms with Crippen LogP contribution < -0.4 is 5.73 Å². The Morgan fingerprint density at radius 3 is 2.73 bits per heavy atom. The second-order valence-corrected chi connectivity index (χ2v) is 2.42. The molecular formula is C8H10N2O. The maximum Gasteiger partial charge on any atom is 0.168 e. The van der Waals surface area contributed by atoms with Gasteiger partial charge in [0.2, 0.25) is 0 Å². The Labute approximate surface area is 65.2 Å². The van der Waals surface area contributed by atoms with Crippen LogP contribution in [0.25, 0.3) is 0 Å². The lowest BCUT2D eigenvalue weighted by Gasteiger charge is -2.02. The molecule has 1 atom stereocenters. The molecule has 11 heavy (non-hydrogen) atoms. The molecule has 0 saturated heterocycles. The van der Waals surface area contributed by atoms with E-state index in [0.29, 0.717) is 12.0 Å². The molecule has 1 heterocycles. The lowest BCUT2D eigenvalue weighted by atomic mass is 10.1. The van der Waals surface area contributed by atoms with Gasteiger partial charge in [-0.1, -0.05) is 6.07 Å². The quantitative estimate of drug-likeness (QED) is 0.637. The number of nitrogens with zero attached hydrogens (tertiary/aromatic N) is 1. The smallest absolute Gasteiger partial charge is 0.168 e. The highest BCUT2D eigenvalue weighted by Gasteiger charge is 1.98. The third kappa shape index (κ3) is 1.85. The molecule has 3 nitrogen and oxygen atoms in total. The minimum Gasteiger partial charge on any atom is -0.324 e. The summed E-state index contributed by atoms with van der Waals surface area (Å²) in [6.07, 6.45) is 2.33. The molecule has 0 amide bonds. The zero-order valence-corrected chi connectivity index (χ0v) is 6.32. The molecule has 0 radical (unpaired) electrons. The number of rotatable bonds is 2. The summed E-state index contributed by atoms with van der Waals surface area (Å²) in [6.45, 7) is 1.87. The molecule has 0 aromatic carbocycles. The van der Waals surface area contributed by atoms with Crippen LogP contribution in [0.4, 0.5) is 0 Å². The van der Waals surface area contributed by atoms with Gasteiger partial charge >= 0.3 is 0 Å². The van der Waals surface area contributed by atoms with E-state index >= 15 is 0 Å². The predicted octanol–water partition coefficient (Wildman–Crippen LogP) is 0.914. The second kappa shape index (κ2) is 3.25. The van der Waals surface area contributed by atoms with Gasteiger partial charge in [-0.05, 0) is 18.6 Å². The van der Waals surface area contributed by atoms with Crippen molar-refractivity contribution in [1.29, 1.82) is 0 Å². The third-order valence-electron chi connectivity index (χ3n) is 1.46. The highest BCUT2D eigenvalue weighted by molar-refractivity contribution is 5.71. The van der Waals surface area contributed by atoms with Crippen LogP contribution in [0.15, 0.2) is 18.3 Å². The number of hydrogen-bond donors (Lipinski definition) is 1. The fraction of sp³-hybridized carbons (Fsp3) is 0.250. The summed E-state index contributed by atoms with van der Waals surface area (Å²) in [4.78, 5) is 14.1. The van der Waals surface area contributed by atoms with Crippen molar-refractivity contribution in [2.75, 3.05) is 0 Å². The normalized spacial score (nSPS) is 12.5. The first-order chi connectivity index (χ1) is 5.24. The summed E-state index contributed by atoms with van der Waals surface area (Å²) in [5, 5.41) is 0. The van der Waals surface area contributed by atoms with Gasteiger partial charge in [-0.2, -0.15) is 0 Å². The van der Waals surface area contributed by atoms with E-state index < -0.39 is 0 Å². The van der Waals surface area contributed by atoms with Crippen molar-refractivity contribution in [3.05, 3.63) is 29.6 Å². The van der Waals surface area contributed by atoms with Gasteiger partial charge in [0.25, 0.3) is 0 Å². The number of carbonyl (C=O) groups is 1. The van der Waals surface area contributed by atoms with Gasteiger partial charge in [-0.15, -0.1) is 0 Å². The van der Waals surface area contributed by atoms with Gasteiger partial charge in [0, 0.05) is 12.2 Å². The van der Waals surface area contributed by atoms with Gasteiger partial charge in [0.05, 0.1) is 0 Å². The van der Waals surface area contributed by atoms with Crippen molar-refractivity contribution in [2.24, 2.45) is 5.73 Å². The molecule has 0 saturated carbocycles. The van der Waals surface area contributed by atoms with Crippen LogP contribution in [0, 0.1) is 0 Å². The van der Waals surface area contributed by atoms with Crippen LogP contribution in [0.1, 0.15) is 29.0 Å². The number of hydrogen-bond acceptors (Lipinski definition) is 3. The summed E-state index contributed by atoms with van der Waals surface area (Å²) in [7, 11) is 0. The number of aromatic nitrogens is 1. The maximum atomic E-state index is 10.2. The van der Waals surface area contributed by atoms with Crippen molar-refractivity contribution in [3.63, 3.8) is 0 Å². The minimum absolute atomic E-state index is 0.0248. The number of aldehydes is 1. The number of nitrogens with two attached hydrogens (primary N) is 1. The van der Waals surface area contributed by atoms with Gasteiger partial charge in [-0.3, -0.25) is 9.78 Å². The summed E-state index contributed by atoms with van der Waals surface area (Å²) in [5.41, 5.74) is 6.96. The van der Waals surface area contributed by atoms with Gasteiger partial charge < -0.3 is 5.73 Å². The van der Waals surface area contributed by atoms with Gasteiger partial charge in [-0.25, -0.2) is 0 Å². The molecule has 1 aromatic rings. The zero-order valence-electron chi connectivity index (χ0n) is 6.32. The Bertz CT molecular complexity index is 241. The van der Waals surface area contributed by atoms with E-state index in [1.165, 1.54) is 0 Å². The molecule has 2 N–H and O–H groups in total. The highest BCUT2D eigenvalue weighted by Crippen LogP contribution is 2.06. The first-order valence-electron chi connectivity index (χ1n) is 3.40. The average Bonchev–Trinajstić information content (AvgIpc) is 2.05. The van der Waals surface area contributed by atoms with E-state index in [4.69, 9.17) is 5.73 Å². The SMILES string of the molecule is CC(N)c1ccc(C=O)nc1. The zero-order chi connectivity index (χ0) is 8.27. The van der Waals surface area contributed by atoms with E-state index in [0.717, 1.165) is 5.56 Å².